The highest BCUT2D eigenvalue weighted by Gasteiger charge is 2.09. The molecule has 1 N–H and O–H groups in total. The minimum Gasteiger partial charge on any atom is -0.481 e. The van der Waals surface area contributed by atoms with Crippen molar-refractivity contribution in [3.63, 3.8) is 0 Å². The van der Waals surface area contributed by atoms with Gasteiger partial charge in [0.2, 0.25) is 0 Å². The van der Waals surface area contributed by atoms with E-state index < -0.39 is 5.97 Å². The molecule has 19 heavy (non-hydrogen) atoms. The van der Waals surface area contributed by atoms with Crippen LogP contribution in [0.3, 0.4) is 0 Å². The average molecular weight is 282 g/mol. The highest BCUT2D eigenvalue weighted by Crippen LogP contribution is 2.23. The Morgan fingerprint density at radius 2 is 1.89 bits per heavy atom. The predicted octanol–water partition coefficient (Wildman–Crippen LogP) is 3.20. The summed E-state index contributed by atoms with van der Waals surface area (Å²) < 4.78 is 5.12. The summed E-state index contributed by atoms with van der Waals surface area (Å²) >= 11 is 1.86. The van der Waals surface area contributed by atoms with E-state index >= 15 is 0 Å². The van der Waals surface area contributed by atoms with Gasteiger partial charge in [0.25, 0.3) is 0 Å². The Bertz CT molecular complexity index is 443. The van der Waals surface area contributed by atoms with E-state index in [0.717, 1.165) is 23.5 Å². The monoisotopic (exact) mass is 282 g/mol. The fourth-order valence-electron chi connectivity index (χ4n) is 1.96. The van der Waals surface area contributed by atoms with Gasteiger partial charge in [-0.3, -0.25) is 4.79 Å². The first-order chi connectivity index (χ1) is 8.93. The van der Waals surface area contributed by atoms with Crippen LogP contribution in [-0.4, -0.2) is 30.0 Å². The number of carboxylic acid groups (broad SMARTS) is 1. The van der Waals surface area contributed by atoms with E-state index in [1.807, 2.05) is 31.7 Å². The molecular weight excluding hydrogens is 260 g/mol. The summed E-state index contributed by atoms with van der Waals surface area (Å²) in [5.41, 5.74) is 4.41. The molecule has 0 aromatic heterocycles. The third-order valence-electron chi connectivity index (χ3n) is 3.06. The summed E-state index contributed by atoms with van der Waals surface area (Å²) in [6, 6.07) is 4.11. The van der Waals surface area contributed by atoms with Crippen LogP contribution in [0.5, 0.6) is 0 Å². The molecular formula is C15H22O3S. The van der Waals surface area contributed by atoms with Crippen molar-refractivity contribution in [2.24, 2.45) is 0 Å². The predicted molar refractivity (Wildman–Crippen MR) is 79.9 cm³/mol. The molecule has 0 aliphatic carbocycles. The van der Waals surface area contributed by atoms with Crippen LogP contribution < -0.4 is 0 Å². The van der Waals surface area contributed by atoms with Gasteiger partial charge in [-0.2, -0.15) is 11.8 Å². The van der Waals surface area contributed by atoms with Gasteiger partial charge in [-0.05, 0) is 36.1 Å². The molecule has 0 saturated carbocycles. The molecule has 0 bridgehead atoms. The molecule has 1 atom stereocenters. The third kappa shape index (κ3) is 5.25. The van der Waals surface area contributed by atoms with Crippen LogP contribution in [0.25, 0.3) is 0 Å². The summed E-state index contributed by atoms with van der Waals surface area (Å²) in [6.07, 6.45) is 0.0974. The lowest BCUT2D eigenvalue weighted by Crippen LogP contribution is -2.07. The van der Waals surface area contributed by atoms with Crippen molar-refractivity contribution in [2.45, 2.75) is 38.2 Å². The van der Waals surface area contributed by atoms with Crippen molar-refractivity contribution in [3.05, 3.63) is 34.4 Å². The number of thioether (sulfide) groups is 1. The zero-order chi connectivity index (χ0) is 14.4. The minimum absolute atomic E-state index is 0.0974. The van der Waals surface area contributed by atoms with Crippen LogP contribution in [0.15, 0.2) is 12.1 Å². The van der Waals surface area contributed by atoms with Gasteiger partial charge in [-0.1, -0.05) is 19.1 Å². The highest BCUT2D eigenvalue weighted by atomic mass is 32.2. The lowest BCUT2D eigenvalue weighted by Gasteiger charge is -2.14. The lowest BCUT2D eigenvalue weighted by molar-refractivity contribution is -0.136. The number of rotatable bonds is 7. The molecule has 0 aliphatic rings. The Labute approximate surface area is 119 Å². The molecule has 1 unspecified atom stereocenters. The topological polar surface area (TPSA) is 46.5 Å². The molecule has 1 rings (SSSR count). The maximum atomic E-state index is 10.8. The zero-order valence-electron chi connectivity index (χ0n) is 12.0. The molecule has 0 amide bonds. The van der Waals surface area contributed by atoms with Crippen molar-refractivity contribution in [1.82, 2.24) is 0 Å². The highest BCUT2D eigenvalue weighted by molar-refractivity contribution is 7.99. The largest absolute Gasteiger partial charge is 0.481 e. The van der Waals surface area contributed by atoms with Gasteiger partial charge < -0.3 is 9.84 Å². The van der Waals surface area contributed by atoms with E-state index in [1.54, 1.807) is 7.11 Å². The first kappa shape index (κ1) is 16.1. The molecule has 0 heterocycles. The SMILES string of the molecule is COCC(C)SCc1cc(C)c(CC(=O)O)cc1C. The lowest BCUT2D eigenvalue weighted by atomic mass is 9.99. The van der Waals surface area contributed by atoms with Gasteiger partial charge >= 0.3 is 5.97 Å². The van der Waals surface area contributed by atoms with Crippen LogP contribution in [0, 0.1) is 13.8 Å². The fourth-order valence-corrected chi connectivity index (χ4v) is 2.97. The Hall–Kier alpha value is -1.00. The van der Waals surface area contributed by atoms with Gasteiger partial charge in [0.15, 0.2) is 0 Å². The van der Waals surface area contributed by atoms with Crippen LogP contribution in [-0.2, 0) is 21.7 Å². The van der Waals surface area contributed by atoms with Gasteiger partial charge in [0.1, 0.15) is 0 Å². The maximum absolute atomic E-state index is 10.8. The average Bonchev–Trinajstić information content (AvgIpc) is 2.31. The number of hydrogen-bond donors (Lipinski definition) is 1. The van der Waals surface area contributed by atoms with Crippen molar-refractivity contribution in [3.8, 4) is 0 Å². The molecule has 0 saturated heterocycles. The Morgan fingerprint density at radius 1 is 1.32 bits per heavy atom. The molecule has 3 nitrogen and oxygen atoms in total. The van der Waals surface area contributed by atoms with Crippen LogP contribution >= 0.6 is 11.8 Å². The summed E-state index contributed by atoms with van der Waals surface area (Å²) in [5.74, 6) is 0.156. The van der Waals surface area contributed by atoms with Crippen molar-refractivity contribution < 1.29 is 14.6 Å². The molecule has 0 radical (unpaired) electrons. The second-order valence-corrected chi connectivity index (χ2v) is 6.28. The maximum Gasteiger partial charge on any atom is 0.307 e. The Kier molecular flexibility index (Phi) is 6.38. The van der Waals surface area contributed by atoms with Crippen molar-refractivity contribution in [2.75, 3.05) is 13.7 Å². The molecule has 1 aromatic carbocycles. The smallest absolute Gasteiger partial charge is 0.307 e. The van der Waals surface area contributed by atoms with E-state index in [4.69, 9.17) is 9.84 Å². The summed E-state index contributed by atoms with van der Waals surface area (Å²) in [7, 11) is 1.72. The number of hydrogen-bond acceptors (Lipinski definition) is 3. The third-order valence-corrected chi connectivity index (χ3v) is 4.24. The summed E-state index contributed by atoms with van der Waals surface area (Å²) in [4.78, 5) is 10.8. The second-order valence-electron chi connectivity index (χ2n) is 4.85. The normalized spacial score (nSPS) is 12.4. The van der Waals surface area contributed by atoms with Crippen molar-refractivity contribution >= 4 is 17.7 Å². The number of aryl methyl sites for hydroxylation is 2. The van der Waals surface area contributed by atoms with Crippen LogP contribution in [0.4, 0.5) is 0 Å². The Morgan fingerprint density at radius 3 is 2.47 bits per heavy atom. The number of carbonyl (C=O) groups is 1. The van der Waals surface area contributed by atoms with E-state index in [2.05, 4.69) is 13.0 Å². The first-order valence-electron chi connectivity index (χ1n) is 6.35. The Balaban J connectivity index is 2.75. The number of ether oxygens (including phenoxy) is 1. The van der Waals surface area contributed by atoms with Gasteiger partial charge in [-0.15, -0.1) is 0 Å². The molecule has 4 heteroatoms. The van der Waals surface area contributed by atoms with Crippen LogP contribution in [0.2, 0.25) is 0 Å². The van der Waals surface area contributed by atoms with E-state index in [-0.39, 0.29) is 6.42 Å². The fraction of sp³-hybridized carbons (Fsp3) is 0.533. The van der Waals surface area contributed by atoms with Crippen molar-refractivity contribution in [1.29, 1.82) is 0 Å². The molecule has 0 aliphatic heterocycles. The van der Waals surface area contributed by atoms with E-state index in [9.17, 15) is 4.79 Å². The number of methoxy groups -OCH3 is 1. The number of carboxylic acids is 1. The summed E-state index contributed by atoms with van der Waals surface area (Å²) in [6.45, 7) is 6.92. The van der Waals surface area contributed by atoms with E-state index in [1.165, 1.54) is 11.1 Å². The number of aliphatic carboxylic acids is 1. The number of benzene rings is 1. The first-order valence-corrected chi connectivity index (χ1v) is 7.40. The zero-order valence-corrected chi connectivity index (χ0v) is 12.8. The van der Waals surface area contributed by atoms with Gasteiger partial charge in [0, 0.05) is 18.1 Å². The molecule has 0 fully saturated rings. The quantitative estimate of drug-likeness (QED) is 0.834. The minimum atomic E-state index is -0.779. The molecule has 1 aromatic rings. The standard InChI is InChI=1S/C15H22O3S/c1-10-6-14(9-19-12(3)8-18-4)11(2)5-13(10)7-15(16)17/h5-6,12H,7-9H2,1-4H3,(H,16,17). The van der Waals surface area contributed by atoms with Gasteiger partial charge in [-0.25, -0.2) is 0 Å². The molecule has 106 valence electrons. The molecule has 0 spiro atoms. The van der Waals surface area contributed by atoms with Crippen LogP contribution in [0.1, 0.15) is 29.2 Å². The van der Waals surface area contributed by atoms with Gasteiger partial charge in [0.05, 0.1) is 13.0 Å². The second kappa shape index (κ2) is 7.56. The van der Waals surface area contributed by atoms with E-state index in [0.29, 0.717) is 5.25 Å². The summed E-state index contributed by atoms with van der Waals surface area (Å²) in [5, 5.41) is 9.33.